The van der Waals surface area contributed by atoms with Gasteiger partial charge in [-0.2, -0.15) is 5.10 Å². The number of aromatic nitrogens is 2. The van der Waals surface area contributed by atoms with Crippen LogP contribution in [0.2, 0.25) is 0 Å². The normalized spacial score (nSPS) is 18.0. The molecule has 0 aromatic carbocycles. The Morgan fingerprint density at radius 2 is 2.33 bits per heavy atom. The van der Waals surface area contributed by atoms with Gasteiger partial charge in [0.05, 0.1) is 23.6 Å². The van der Waals surface area contributed by atoms with Crippen LogP contribution in [0.1, 0.15) is 28.9 Å². The van der Waals surface area contributed by atoms with Crippen LogP contribution in [0.4, 0.5) is 5.82 Å². The van der Waals surface area contributed by atoms with Crippen molar-refractivity contribution in [3.8, 4) is 0 Å². The number of rotatable bonds is 4. The molecule has 1 aliphatic rings. The Morgan fingerprint density at radius 1 is 1.43 bits per heavy atom. The minimum Gasteiger partial charge on any atom is -0.472 e. The predicted molar refractivity (Wildman–Crippen MR) is 76.1 cm³/mol. The molecule has 3 heterocycles. The number of hydrogen-bond acceptors (Lipinski definition) is 6. The van der Waals surface area contributed by atoms with Crippen molar-refractivity contribution in [2.75, 3.05) is 18.1 Å². The summed E-state index contributed by atoms with van der Waals surface area (Å²) in [6.45, 7) is 3.16. The van der Waals surface area contributed by atoms with Gasteiger partial charge in [-0.15, -0.1) is 5.10 Å². The number of furan rings is 1. The summed E-state index contributed by atoms with van der Waals surface area (Å²) in [4.78, 5) is 14.0. The third-order valence-corrected chi connectivity index (χ3v) is 3.62. The van der Waals surface area contributed by atoms with Crippen molar-refractivity contribution in [3.63, 3.8) is 0 Å². The van der Waals surface area contributed by atoms with Crippen LogP contribution in [-0.4, -0.2) is 35.4 Å². The number of esters is 1. The summed E-state index contributed by atoms with van der Waals surface area (Å²) in [7, 11) is 0. The number of hydrogen-bond donors (Lipinski definition) is 0. The molecule has 0 radical (unpaired) electrons. The van der Waals surface area contributed by atoms with E-state index in [9.17, 15) is 4.79 Å². The van der Waals surface area contributed by atoms with E-state index in [2.05, 4.69) is 15.1 Å². The number of anilines is 1. The Hall–Kier alpha value is -2.37. The first-order valence-corrected chi connectivity index (χ1v) is 7.00. The molecule has 2 aromatic heterocycles. The van der Waals surface area contributed by atoms with Crippen LogP contribution in [0.3, 0.4) is 0 Å². The van der Waals surface area contributed by atoms with Gasteiger partial charge in [-0.25, -0.2) is 4.79 Å². The number of ether oxygens (including phenoxy) is 1. The highest BCUT2D eigenvalue weighted by molar-refractivity contribution is 5.88. The third kappa shape index (κ3) is 3.04. The van der Waals surface area contributed by atoms with Crippen LogP contribution >= 0.6 is 0 Å². The van der Waals surface area contributed by atoms with Crippen molar-refractivity contribution >= 4 is 11.8 Å². The average Bonchev–Trinajstić information content (AvgIpc) is 3.17. The summed E-state index contributed by atoms with van der Waals surface area (Å²) in [5, 5.41) is 8.29. The van der Waals surface area contributed by atoms with Crippen molar-refractivity contribution in [1.29, 1.82) is 0 Å². The second-order valence-electron chi connectivity index (χ2n) is 5.13. The average molecular weight is 287 g/mol. The van der Waals surface area contributed by atoms with Gasteiger partial charge in [0, 0.05) is 6.54 Å². The maximum Gasteiger partial charge on any atom is 0.341 e. The Morgan fingerprint density at radius 3 is 3.05 bits per heavy atom. The Balaban J connectivity index is 1.62. The van der Waals surface area contributed by atoms with Gasteiger partial charge in [-0.05, 0) is 38.0 Å². The molecule has 6 nitrogen and oxygen atoms in total. The number of carbonyl (C=O) groups excluding carboxylic acids is 1. The molecule has 0 N–H and O–H groups in total. The summed E-state index contributed by atoms with van der Waals surface area (Å²) >= 11 is 0. The first-order chi connectivity index (χ1) is 10.2. The maximum absolute atomic E-state index is 11.8. The monoisotopic (exact) mass is 287 g/mol. The van der Waals surface area contributed by atoms with Crippen molar-refractivity contribution < 1.29 is 13.9 Å². The Kier molecular flexibility index (Phi) is 3.85. The van der Waals surface area contributed by atoms with Gasteiger partial charge < -0.3 is 14.1 Å². The molecule has 0 amide bonds. The van der Waals surface area contributed by atoms with Gasteiger partial charge in [0.25, 0.3) is 0 Å². The van der Waals surface area contributed by atoms with Gasteiger partial charge in [0.1, 0.15) is 12.9 Å². The third-order valence-electron chi connectivity index (χ3n) is 3.62. The van der Waals surface area contributed by atoms with E-state index in [-0.39, 0.29) is 12.0 Å². The van der Waals surface area contributed by atoms with E-state index in [1.54, 1.807) is 6.07 Å². The zero-order chi connectivity index (χ0) is 14.7. The lowest BCUT2D eigenvalue weighted by atomic mass is 10.2. The van der Waals surface area contributed by atoms with Crippen molar-refractivity contribution in [2.24, 2.45) is 0 Å². The summed E-state index contributed by atoms with van der Waals surface area (Å²) in [6, 6.07) is 5.64. The van der Waals surface area contributed by atoms with E-state index < -0.39 is 0 Å². The minimum atomic E-state index is -0.356. The molecular formula is C15H17N3O3. The molecule has 0 aliphatic carbocycles. The van der Waals surface area contributed by atoms with Gasteiger partial charge in [0.15, 0.2) is 5.82 Å². The molecule has 0 spiro atoms. The highest BCUT2D eigenvalue weighted by Crippen LogP contribution is 2.23. The van der Waals surface area contributed by atoms with E-state index in [0.717, 1.165) is 30.9 Å². The maximum atomic E-state index is 11.8. The lowest BCUT2D eigenvalue weighted by molar-refractivity contribution is 0.0482. The van der Waals surface area contributed by atoms with Gasteiger partial charge >= 0.3 is 5.97 Å². The van der Waals surface area contributed by atoms with Crippen molar-refractivity contribution in [3.05, 3.63) is 42.0 Å². The largest absolute Gasteiger partial charge is 0.472 e. The number of nitrogens with zero attached hydrogens (tertiary/aromatic N) is 3. The highest BCUT2D eigenvalue weighted by atomic mass is 16.5. The van der Waals surface area contributed by atoms with Crippen LogP contribution in [0.15, 0.2) is 35.1 Å². The smallest absolute Gasteiger partial charge is 0.341 e. The van der Waals surface area contributed by atoms with Crippen LogP contribution in [0, 0.1) is 6.92 Å². The van der Waals surface area contributed by atoms with Crippen LogP contribution < -0.4 is 4.90 Å². The molecule has 3 rings (SSSR count). The first-order valence-electron chi connectivity index (χ1n) is 7.00. The standard InChI is InChI=1S/C15H17N3O3/c1-11-4-5-14(17-16-11)18-7-2-3-13(18)10-21-15(19)12-6-8-20-9-12/h4-6,8-9,13H,2-3,7,10H2,1H3. The Bertz CT molecular complexity index is 595. The van der Waals surface area contributed by atoms with Crippen LogP contribution in [0.25, 0.3) is 0 Å². The summed E-state index contributed by atoms with van der Waals surface area (Å²) in [5.41, 5.74) is 1.33. The van der Waals surface area contributed by atoms with Crippen LogP contribution in [-0.2, 0) is 4.74 Å². The lowest BCUT2D eigenvalue weighted by Gasteiger charge is -2.24. The highest BCUT2D eigenvalue weighted by Gasteiger charge is 2.27. The zero-order valence-electron chi connectivity index (χ0n) is 11.9. The fourth-order valence-electron chi connectivity index (χ4n) is 2.49. The van der Waals surface area contributed by atoms with E-state index in [1.165, 1.54) is 12.5 Å². The molecule has 110 valence electrons. The first kappa shape index (κ1) is 13.6. The molecule has 1 saturated heterocycles. The number of carbonyl (C=O) groups is 1. The molecule has 0 bridgehead atoms. The van der Waals surface area contributed by atoms with Gasteiger partial charge in [-0.3, -0.25) is 0 Å². The second kappa shape index (κ2) is 5.95. The molecule has 0 saturated carbocycles. The van der Waals surface area contributed by atoms with Crippen LogP contribution in [0.5, 0.6) is 0 Å². The van der Waals surface area contributed by atoms with Gasteiger partial charge in [-0.1, -0.05) is 0 Å². The summed E-state index contributed by atoms with van der Waals surface area (Å²) in [5.74, 6) is 0.480. The van der Waals surface area contributed by atoms with E-state index in [4.69, 9.17) is 9.15 Å². The quantitative estimate of drug-likeness (QED) is 0.803. The number of aryl methyl sites for hydroxylation is 1. The van der Waals surface area contributed by atoms with E-state index >= 15 is 0 Å². The Labute approximate surface area is 122 Å². The zero-order valence-corrected chi connectivity index (χ0v) is 11.9. The van der Waals surface area contributed by atoms with Crippen molar-refractivity contribution in [1.82, 2.24) is 10.2 Å². The molecule has 1 aliphatic heterocycles. The molecular weight excluding hydrogens is 270 g/mol. The molecule has 2 aromatic rings. The van der Waals surface area contributed by atoms with E-state index in [0.29, 0.717) is 12.2 Å². The van der Waals surface area contributed by atoms with Gasteiger partial charge in [0.2, 0.25) is 0 Å². The summed E-state index contributed by atoms with van der Waals surface area (Å²) < 4.78 is 10.2. The molecule has 1 fully saturated rings. The molecule has 21 heavy (non-hydrogen) atoms. The SMILES string of the molecule is Cc1ccc(N2CCCC2COC(=O)c2ccoc2)nn1. The van der Waals surface area contributed by atoms with E-state index in [1.807, 2.05) is 19.1 Å². The molecule has 6 heteroatoms. The minimum absolute atomic E-state index is 0.151. The van der Waals surface area contributed by atoms with Crippen molar-refractivity contribution in [2.45, 2.75) is 25.8 Å². The molecule has 1 atom stereocenters. The predicted octanol–water partition coefficient (Wildman–Crippen LogP) is 2.20. The lowest BCUT2D eigenvalue weighted by Crippen LogP contribution is -2.34. The summed E-state index contributed by atoms with van der Waals surface area (Å²) in [6.07, 6.45) is 4.89. The fourth-order valence-corrected chi connectivity index (χ4v) is 2.49. The topological polar surface area (TPSA) is 68.5 Å². The fraction of sp³-hybridized carbons (Fsp3) is 0.400. The molecule has 1 unspecified atom stereocenters. The second-order valence-corrected chi connectivity index (χ2v) is 5.13.